The van der Waals surface area contributed by atoms with E-state index in [2.05, 4.69) is 19.9 Å². The van der Waals surface area contributed by atoms with Crippen LogP contribution >= 0.6 is 0 Å². The number of anilines is 1. The molecule has 2 atom stereocenters. The van der Waals surface area contributed by atoms with Crippen LogP contribution in [0.15, 0.2) is 24.8 Å². The summed E-state index contributed by atoms with van der Waals surface area (Å²) < 4.78 is 7.32. The van der Waals surface area contributed by atoms with E-state index in [-0.39, 0.29) is 5.92 Å². The molecule has 1 N–H and O–H groups in total. The van der Waals surface area contributed by atoms with Gasteiger partial charge >= 0.3 is 0 Å². The lowest BCUT2D eigenvalue weighted by Gasteiger charge is -2.35. The summed E-state index contributed by atoms with van der Waals surface area (Å²) in [5, 5.41) is 10.7. The molecule has 0 bridgehead atoms. The highest BCUT2D eigenvalue weighted by molar-refractivity contribution is 5.41. The summed E-state index contributed by atoms with van der Waals surface area (Å²) in [7, 11) is 1.91. The number of ether oxygens (including phenoxy) is 1. The summed E-state index contributed by atoms with van der Waals surface area (Å²) in [6, 6.07) is 1.86. The predicted octanol–water partition coefficient (Wildman–Crippen LogP) is 1.56. The van der Waals surface area contributed by atoms with Crippen LogP contribution in [0.4, 0.5) is 5.82 Å². The number of hydrogen-bond donors (Lipinski definition) is 1. The smallest absolute Gasteiger partial charge is 0.218 e. The highest BCUT2D eigenvalue weighted by Gasteiger charge is 2.29. The molecule has 0 spiro atoms. The van der Waals surface area contributed by atoms with E-state index >= 15 is 0 Å². The van der Waals surface area contributed by atoms with E-state index < -0.39 is 6.10 Å². The van der Waals surface area contributed by atoms with Crippen LogP contribution < -0.4 is 9.64 Å². The average Bonchev–Trinajstić information content (AvgIpc) is 3.01. The fraction of sp³-hybridized carbons (Fsp3) is 0.562. The second-order valence-corrected chi connectivity index (χ2v) is 5.84. The van der Waals surface area contributed by atoms with Gasteiger partial charge in [0.05, 0.1) is 6.61 Å². The molecule has 0 saturated carbocycles. The standard InChI is InChI=1S/C16H23N5O2/c1-3-23-14-9-13(18-11-19-14)21-7-4-5-12(10-21)15(22)16-17-6-8-20(16)2/h6,8-9,11-12,15,22H,3-5,7,10H2,1-2H3/t12-,15+/m0/s1. The quantitative estimate of drug-likeness (QED) is 0.902. The van der Waals surface area contributed by atoms with Crippen LogP contribution in [-0.2, 0) is 7.05 Å². The second-order valence-electron chi connectivity index (χ2n) is 5.84. The number of aliphatic hydroxyl groups is 1. The summed E-state index contributed by atoms with van der Waals surface area (Å²) in [6.45, 7) is 4.18. The topological polar surface area (TPSA) is 76.3 Å². The van der Waals surface area contributed by atoms with Crippen LogP contribution in [0.3, 0.4) is 0 Å². The number of hydrogen-bond acceptors (Lipinski definition) is 6. The first kappa shape index (κ1) is 15.7. The fourth-order valence-electron chi connectivity index (χ4n) is 3.08. The third-order valence-electron chi connectivity index (χ3n) is 4.27. The van der Waals surface area contributed by atoms with Crippen molar-refractivity contribution in [2.24, 2.45) is 13.0 Å². The van der Waals surface area contributed by atoms with Gasteiger partial charge in [0.1, 0.15) is 24.1 Å². The van der Waals surface area contributed by atoms with Crippen molar-refractivity contribution in [2.75, 3.05) is 24.6 Å². The molecular formula is C16H23N5O2. The van der Waals surface area contributed by atoms with Gasteiger partial charge in [-0.15, -0.1) is 0 Å². The Morgan fingerprint density at radius 1 is 1.39 bits per heavy atom. The Labute approximate surface area is 136 Å². The molecule has 0 radical (unpaired) electrons. The van der Waals surface area contributed by atoms with Gasteiger partial charge in [-0.05, 0) is 19.8 Å². The van der Waals surface area contributed by atoms with Crippen LogP contribution in [0.1, 0.15) is 31.7 Å². The summed E-state index contributed by atoms with van der Waals surface area (Å²) in [5.74, 6) is 2.29. The minimum atomic E-state index is -0.564. The first-order valence-electron chi connectivity index (χ1n) is 8.04. The number of imidazole rings is 1. The van der Waals surface area contributed by atoms with Crippen LogP contribution in [-0.4, -0.2) is 44.3 Å². The normalized spacial score (nSPS) is 19.6. The molecule has 0 aromatic carbocycles. The van der Waals surface area contributed by atoms with Gasteiger partial charge in [0, 0.05) is 44.5 Å². The van der Waals surface area contributed by atoms with Gasteiger partial charge < -0.3 is 19.3 Å². The number of piperidine rings is 1. The van der Waals surface area contributed by atoms with Crippen molar-refractivity contribution in [3.05, 3.63) is 30.6 Å². The minimum absolute atomic E-state index is 0.135. The van der Waals surface area contributed by atoms with Gasteiger partial charge in [-0.2, -0.15) is 0 Å². The summed E-state index contributed by atoms with van der Waals surface area (Å²) in [4.78, 5) is 14.9. The van der Waals surface area contributed by atoms with Crippen molar-refractivity contribution < 1.29 is 9.84 Å². The maximum Gasteiger partial charge on any atom is 0.218 e. The van der Waals surface area contributed by atoms with Gasteiger partial charge in [-0.1, -0.05) is 0 Å². The van der Waals surface area contributed by atoms with Crippen LogP contribution in [0, 0.1) is 5.92 Å². The van der Waals surface area contributed by atoms with E-state index in [0.717, 1.165) is 37.6 Å². The van der Waals surface area contributed by atoms with Crippen molar-refractivity contribution in [1.29, 1.82) is 0 Å². The zero-order chi connectivity index (χ0) is 16.2. The van der Waals surface area contributed by atoms with Gasteiger partial charge in [-0.25, -0.2) is 15.0 Å². The van der Waals surface area contributed by atoms with E-state index in [1.807, 2.05) is 30.8 Å². The molecule has 3 rings (SSSR count). The Hall–Kier alpha value is -2.15. The van der Waals surface area contributed by atoms with Crippen molar-refractivity contribution in [1.82, 2.24) is 19.5 Å². The Kier molecular flexibility index (Phi) is 4.76. The monoisotopic (exact) mass is 317 g/mol. The number of rotatable bonds is 5. The first-order chi connectivity index (χ1) is 11.2. The molecule has 1 aliphatic rings. The molecule has 7 heteroatoms. The molecule has 2 aromatic rings. The zero-order valence-corrected chi connectivity index (χ0v) is 13.6. The average molecular weight is 317 g/mol. The van der Waals surface area contributed by atoms with E-state index in [9.17, 15) is 5.11 Å². The molecule has 2 aromatic heterocycles. The molecule has 23 heavy (non-hydrogen) atoms. The van der Waals surface area contributed by atoms with E-state index in [4.69, 9.17) is 4.74 Å². The van der Waals surface area contributed by atoms with Crippen LogP contribution in [0.25, 0.3) is 0 Å². The Bertz CT molecular complexity index is 645. The van der Waals surface area contributed by atoms with Crippen molar-refractivity contribution >= 4 is 5.82 Å². The molecule has 0 aliphatic carbocycles. The van der Waals surface area contributed by atoms with Crippen LogP contribution in [0.5, 0.6) is 5.88 Å². The van der Waals surface area contributed by atoms with E-state index in [0.29, 0.717) is 12.5 Å². The van der Waals surface area contributed by atoms with Crippen molar-refractivity contribution in [2.45, 2.75) is 25.9 Å². The predicted molar refractivity (Wildman–Crippen MR) is 86.3 cm³/mol. The molecule has 1 aliphatic heterocycles. The molecular weight excluding hydrogens is 294 g/mol. The molecule has 7 nitrogen and oxygen atoms in total. The SMILES string of the molecule is CCOc1cc(N2CCC[C@H]([C@@H](O)c3nccn3C)C2)ncn1. The van der Waals surface area contributed by atoms with Crippen LogP contribution in [0.2, 0.25) is 0 Å². The molecule has 0 amide bonds. The Morgan fingerprint density at radius 3 is 3.00 bits per heavy atom. The van der Waals surface area contributed by atoms with E-state index in [1.54, 1.807) is 6.20 Å². The van der Waals surface area contributed by atoms with Gasteiger partial charge in [-0.3, -0.25) is 0 Å². The third kappa shape index (κ3) is 3.44. The highest BCUT2D eigenvalue weighted by atomic mass is 16.5. The highest BCUT2D eigenvalue weighted by Crippen LogP contribution is 2.31. The summed E-state index contributed by atoms with van der Waals surface area (Å²) in [6.07, 6.45) is 6.54. The first-order valence-corrected chi connectivity index (χ1v) is 8.04. The summed E-state index contributed by atoms with van der Waals surface area (Å²) >= 11 is 0. The molecule has 1 fully saturated rings. The zero-order valence-electron chi connectivity index (χ0n) is 13.6. The number of nitrogens with zero attached hydrogens (tertiary/aromatic N) is 5. The van der Waals surface area contributed by atoms with Gasteiger partial charge in [0.2, 0.25) is 5.88 Å². The minimum Gasteiger partial charge on any atom is -0.478 e. The van der Waals surface area contributed by atoms with E-state index in [1.165, 1.54) is 6.33 Å². The molecule has 3 heterocycles. The summed E-state index contributed by atoms with van der Waals surface area (Å²) in [5.41, 5.74) is 0. The Balaban J connectivity index is 1.73. The third-order valence-corrected chi connectivity index (χ3v) is 4.27. The maximum atomic E-state index is 10.7. The Morgan fingerprint density at radius 2 is 2.26 bits per heavy atom. The number of aromatic nitrogens is 4. The lowest BCUT2D eigenvalue weighted by molar-refractivity contribution is 0.0873. The number of aryl methyl sites for hydroxylation is 1. The lowest BCUT2D eigenvalue weighted by Crippen LogP contribution is -2.38. The maximum absolute atomic E-state index is 10.7. The number of aliphatic hydroxyl groups excluding tert-OH is 1. The fourth-order valence-corrected chi connectivity index (χ4v) is 3.08. The largest absolute Gasteiger partial charge is 0.478 e. The molecule has 124 valence electrons. The second kappa shape index (κ2) is 6.95. The molecule has 1 saturated heterocycles. The lowest BCUT2D eigenvalue weighted by atomic mass is 9.92. The van der Waals surface area contributed by atoms with Crippen molar-refractivity contribution in [3.8, 4) is 5.88 Å². The molecule has 0 unspecified atom stereocenters. The van der Waals surface area contributed by atoms with Gasteiger partial charge in [0.15, 0.2) is 0 Å². The van der Waals surface area contributed by atoms with Crippen molar-refractivity contribution in [3.63, 3.8) is 0 Å². The van der Waals surface area contributed by atoms with Gasteiger partial charge in [0.25, 0.3) is 0 Å².